The molecule has 4 atom stereocenters. The molecule has 0 unspecified atom stereocenters. The van der Waals surface area contributed by atoms with Crippen molar-refractivity contribution >= 4 is 5.69 Å². The molecular weight excluding hydrogens is 534 g/mol. The zero-order valence-electron chi connectivity index (χ0n) is 24.0. The van der Waals surface area contributed by atoms with E-state index in [0.717, 1.165) is 47.8 Å². The summed E-state index contributed by atoms with van der Waals surface area (Å²) in [6.45, 7) is 4.73. The van der Waals surface area contributed by atoms with Gasteiger partial charge in [0.25, 0.3) is 5.09 Å². The second-order valence-corrected chi connectivity index (χ2v) is 10.1. The van der Waals surface area contributed by atoms with Gasteiger partial charge < -0.3 is 43.5 Å². The Kier molecular flexibility index (Phi) is 11.8. The van der Waals surface area contributed by atoms with E-state index in [2.05, 4.69) is 16.3 Å². The number of hydrogen-bond acceptors (Lipinski definition) is 11. The lowest BCUT2D eigenvalue weighted by molar-refractivity contribution is -0.769. The van der Waals surface area contributed by atoms with Gasteiger partial charge in [-0.1, -0.05) is 18.2 Å². The summed E-state index contributed by atoms with van der Waals surface area (Å²) in [4.78, 5) is 18.0. The molecule has 12 nitrogen and oxygen atoms in total. The Morgan fingerprint density at radius 1 is 1.05 bits per heavy atom. The van der Waals surface area contributed by atoms with Crippen LogP contribution < -0.4 is 19.7 Å². The summed E-state index contributed by atoms with van der Waals surface area (Å²) in [6, 6.07) is 14.0. The Morgan fingerprint density at radius 3 is 2.54 bits per heavy atom. The number of hydrogen-bond donors (Lipinski definition) is 1. The molecule has 0 radical (unpaired) electrons. The average Bonchev–Trinajstić information content (AvgIpc) is 2.99. The summed E-state index contributed by atoms with van der Waals surface area (Å²) in [5.74, 6) is 1.50. The van der Waals surface area contributed by atoms with Gasteiger partial charge in [-0.2, -0.15) is 0 Å². The topological polar surface area (TPSA) is 123 Å². The third-order valence-corrected chi connectivity index (χ3v) is 7.30. The molecule has 2 aromatic rings. The summed E-state index contributed by atoms with van der Waals surface area (Å²) >= 11 is 0. The number of methoxy groups -OCH3 is 3. The second kappa shape index (κ2) is 15.7. The van der Waals surface area contributed by atoms with Gasteiger partial charge in [-0.15, -0.1) is 10.1 Å². The molecule has 1 saturated heterocycles. The van der Waals surface area contributed by atoms with Crippen molar-refractivity contribution in [1.29, 1.82) is 0 Å². The lowest BCUT2D eigenvalue weighted by atomic mass is 9.85. The van der Waals surface area contributed by atoms with E-state index in [1.807, 2.05) is 36.4 Å². The second-order valence-electron chi connectivity index (χ2n) is 10.1. The number of anilines is 1. The van der Waals surface area contributed by atoms with Crippen LogP contribution in [0.15, 0.2) is 42.5 Å². The first kappa shape index (κ1) is 30.8. The van der Waals surface area contributed by atoms with Gasteiger partial charge in [0.1, 0.15) is 18.1 Å². The molecule has 0 amide bonds. The number of nitrogens with one attached hydrogen (secondary N) is 1. The number of benzene rings is 2. The maximum atomic E-state index is 10.9. The van der Waals surface area contributed by atoms with Crippen molar-refractivity contribution in [3.63, 3.8) is 0 Å². The quantitative estimate of drug-likeness (QED) is 0.181. The molecule has 1 N–H and O–H groups in total. The molecule has 12 heteroatoms. The molecule has 2 aliphatic rings. The van der Waals surface area contributed by atoms with Gasteiger partial charge in [-0.05, 0) is 41.8 Å². The zero-order valence-corrected chi connectivity index (χ0v) is 24.0. The minimum Gasteiger partial charge on any atom is -0.497 e. The van der Waals surface area contributed by atoms with Crippen LogP contribution in [0.5, 0.6) is 11.5 Å². The van der Waals surface area contributed by atoms with Crippen LogP contribution in [-0.4, -0.2) is 97.3 Å². The highest BCUT2D eigenvalue weighted by atomic mass is 17.0. The predicted molar refractivity (Wildman–Crippen MR) is 151 cm³/mol. The summed E-state index contributed by atoms with van der Waals surface area (Å²) in [6.07, 6.45) is -0.431. The molecule has 4 rings (SSSR count). The van der Waals surface area contributed by atoms with Crippen molar-refractivity contribution in [2.24, 2.45) is 0 Å². The molecule has 2 heterocycles. The van der Waals surface area contributed by atoms with Crippen LogP contribution in [0.25, 0.3) is 0 Å². The van der Waals surface area contributed by atoms with Crippen LogP contribution >= 0.6 is 0 Å². The fourth-order valence-corrected chi connectivity index (χ4v) is 5.33. The number of ether oxygens (including phenoxy) is 6. The van der Waals surface area contributed by atoms with Crippen LogP contribution in [0.1, 0.15) is 23.5 Å². The third kappa shape index (κ3) is 8.66. The van der Waals surface area contributed by atoms with Crippen LogP contribution in [0.4, 0.5) is 5.69 Å². The average molecular weight is 576 g/mol. The van der Waals surface area contributed by atoms with Gasteiger partial charge in [-0.25, -0.2) is 0 Å². The highest BCUT2D eigenvalue weighted by Gasteiger charge is 2.37. The van der Waals surface area contributed by atoms with E-state index in [9.17, 15) is 10.1 Å². The smallest absolute Gasteiger partial charge is 0.294 e. The van der Waals surface area contributed by atoms with Gasteiger partial charge >= 0.3 is 0 Å². The summed E-state index contributed by atoms with van der Waals surface area (Å²) in [5.41, 5.74) is 3.14. The van der Waals surface area contributed by atoms with Crippen LogP contribution in [-0.2, 0) is 30.4 Å². The lowest BCUT2D eigenvalue weighted by Gasteiger charge is -2.39. The number of piperidine rings is 1. The molecule has 2 aliphatic heterocycles. The maximum Gasteiger partial charge on any atom is 0.294 e. The highest BCUT2D eigenvalue weighted by Crippen LogP contribution is 2.35. The Bertz CT molecular complexity index is 1090. The number of fused-ring (bicyclic) bond motifs is 1. The first-order valence-electron chi connectivity index (χ1n) is 13.9. The van der Waals surface area contributed by atoms with Crippen LogP contribution in [0, 0.1) is 10.1 Å². The first-order valence-corrected chi connectivity index (χ1v) is 13.9. The molecule has 2 aromatic carbocycles. The van der Waals surface area contributed by atoms with Gasteiger partial charge in [0.15, 0.2) is 6.10 Å². The largest absolute Gasteiger partial charge is 0.497 e. The fourth-order valence-electron chi connectivity index (χ4n) is 5.33. The molecule has 41 heavy (non-hydrogen) atoms. The molecular formula is C29H41N3O9. The Morgan fingerprint density at radius 2 is 1.83 bits per heavy atom. The van der Waals surface area contributed by atoms with Crippen LogP contribution in [0.3, 0.4) is 0 Å². The zero-order chi connectivity index (χ0) is 29.0. The van der Waals surface area contributed by atoms with E-state index in [1.54, 1.807) is 14.2 Å². The van der Waals surface area contributed by atoms with E-state index in [4.69, 9.17) is 33.3 Å². The number of rotatable bonds is 16. The van der Waals surface area contributed by atoms with Crippen molar-refractivity contribution in [3.05, 3.63) is 63.7 Å². The van der Waals surface area contributed by atoms with Crippen molar-refractivity contribution in [3.8, 4) is 11.5 Å². The minimum absolute atomic E-state index is 0.00424. The van der Waals surface area contributed by atoms with Crippen molar-refractivity contribution < 1.29 is 38.3 Å². The molecule has 0 saturated carbocycles. The fraction of sp³-hybridized carbons (Fsp3) is 0.586. The normalized spacial score (nSPS) is 21.0. The van der Waals surface area contributed by atoms with Crippen molar-refractivity contribution in [2.75, 3.05) is 78.8 Å². The van der Waals surface area contributed by atoms with E-state index < -0.39 is 11.2 Å². The maximum absolute atomic E-state index is 10.9. The predicted octanol–water partition coefficient (Wildman–Crippen LogP) is 2.81. The Balaban J connectivity index is 1.49. The summed E-state index contributed by atoms with van der Waals surface area (Å²) < 4.78 is 34.3. The molecule has 226 valence electrons. The van der Waals surface area contributed by atoms with Gasteiger partial charge in [0, 0.05) is 46.4 Å². The van der Waals surface area contributed by atoms with Gasteiger partial charge in [-0.3, -0.25) is 0 Å². The van der Waals surface area contributed by atoms with E-state index >= 15 is 0 Å². The summed E-state index contributed by atoms with van der Waals surface area (Å²) in [7, 11) is 4.81. The van der Waals surface area contributed by atoms with E-state index in [-0.39, 0.29) is 31.3 Å². The van der Waals surface area contributed by atoms with E-state index in [0.29, 0.717) is 32.9 Å². The van der Waals surface area contributed by atoms with Crippen LogP contribution in [0.2, 0.25) is 0 Å². The van der Waals surface area contributed by atoms with Gasteiger partial charge in [0.2, 0.25) is 0 Å². The van der Waals surface area contributed by atoms with Gasteiger partial charge in [0.05, 0.1) is 51.4 Å². The van der Waals surface area contributed by atoms with Crippen molar-refractivity contribution in [1.82, 2.24) is 5.32 Å². The van der Waals surface area contributed by atoms with E-state index in [1.165, 1.54) is 7.11 Å². The third-order valence-electron chi connectivity index (χ3n) is 7.30. The van der Waals surface area contributed by atoms with Crippen molar-refractivity contribution in [2.45, 2.75) is 37.3 Å². The number of nitrogens with zero attached hydrogens (tertiary/aromatic N) is 2. The molecule has 0 spiro atoms. The summed E-state index contributed by atoms with van der Waals surface area (Å²) in [5, 5.41) is 13.5. The molecule has 1 fully saturated rings. The Hall–Kier alpha value is -3.16. The standard InChI is InChI=1S/C29H41N3O9/c1-35-13-4-11-31-12-14-38-26-10-5-21(15-25(26)31)18-39-27-16-30-17-28(40-20-24(19-36-2)41-32(33)34)29(27)22-6-8-23(37-3)9-7-22/h5-10,15,24,27-30H,4,11-14,16-20H2,1-3H3/t24-,27+,28-,29-/m1/s1. The first-order chi connectivity index (χ1) is 20.0. The molecule has 0 aromatic heterocycles. The lowest BCUT2D eigenvalue weighted by Crippen LogP contribution is -2.51. The highest BCUT2D eigenvalue weighted by molar-refractivity contribution is 5.61. The molecule has 0 bridgehead atoms. The molecule has 0 aliphatic carbocycles. The minimum atomic E-state index is -0.836. The SMILES string of the molecule is COCCCN1CCOc2ccc(CO[C@H]3CNC[C@@H](OC[C@@H](COC)O[N+](=O)[O-])[C@@H]3c3ccc(OC)cc3)cc21. The monoisotopic (exact) mass is 575 g/mol. The Labute approximate surface area is 240 Å².